The number of esters is 1. The van der Waals surface area contributed by atoms with Gasteiger partial charge in [0.15, 0.2) is 5.79 Å². The molecule has 1 saturated heterocycles. The zero-order valence-corrected chi connectivity index (χ0v) is 23.7. The Kier molecular flexibility index (Phi) is 9.88. The van der Waals surface area contributed by atoms with Crippen LogP contribution < -0.4 is 10.6 Å². The van der Waals surface area contributed by atoms with Gasteiger partial charge in [-0.3, -0.25) is 9.59 Å². The van der Waals surface area contributed by atoms with Crippen LogP contribution in [0.3, 0.4) is 0 Å². The van der Waals surface area contributed by atoms with Crippen LogP contribution >= 0.6 is 0 Å². The lowest BCUT2D eigenvalue weighted by atomic mass is 9.91. The van der Waals surface area contributed by atoms with E-state index < -0.39 is 36.0 Å². The highest BCUT2D eigenvalue weighted by molar-refractivity contribution is 5.95. The minimum atomic E-state index is -0.929. The highest BCUT2D eigenvalue weighted by Gasteiger charge is 2.55. The Morgan fingerprint density at radius 2 is 1.70 bits per heavy atom. The highest BCUT2D eigenvalue weighted by atomic mass is 16.8. The molecule has 5 rings (SSSR count). The van der Waals surface area contributed by atoms with Crippen LogP contribution in [-0.2, 0) is 41.4 Å². The van der Waals surface area contributed by atoms with Crippen molar-refractivity contribution in [2.75, 3.05) is 32.9 Å². The van der Waals surface area contributed by atoms with Crippen LogP contribution in [-0.4, -0.2) is 85.0 Å². The first-order valence-corrected chi connectivity index (χ1v) is 14.4. The molecule has 0 radical (unpaired) electrons. The normalized spacial score (nSPS) is 21.6. The number of hydrogen-bond donors (Lipinski definition) is 4. The molecule has 3 aliphatic rings. The number of ether oxygens (including phenoxy) is 4. The largest absolute Gasteiger partial charge is 0.499 e. The van der Waals surface area contributed by atoms with Crippen molar-refractivity contribution < 1.29 is 43.5 Å². The molecule has 1 heterocycles. The summed E-state index contributed by atoms with van der Waals surface area (Å²) in [6.45, 7) is 0.0712. The number of fused-ring (bicyclic) bond motifs is 2. The quantitative estimate of drug-likeness (QED) is 0.163. The van der Waals surface area contributed by atoms with Gasteiger partial charge in [-0.15, -0.1) is 0 Å². The van der Waals surface area contributed by atoms with Crippen LogP contribution in [0.5, 0.6) is 0 Å². The van der Waals surface area contributed by atoms with Gasteiger partial charge in [0, 0.05) is 44.3 Å². The fraction of sp³-hybridized carbons (Fsp3) is 0.406. The Labute approximate surface area is 249 Å². The molecule has 1 spiro atoms. The summed E-state index contributed by atoms with van der Waals surface area (Å²) in [4.78, 5) is 38.5. The highest BCUT2D eigenvalue weighted by Crippen LogP contribution is 2.45. The average Bonchev–Trinajstić information content (AvgIpc) is 3.56. The van der Waals surface area contributed by atoms with Crippen LogP contribution in [0.2, 0.25) is 0 Å². The topological polar surface area (TPSA) is 153 Å². The fourth-order valence-electron chi connectivity index (χ4n) is 5.62. The number of aliphatic hydroxyl groups excluding tert-OH is 2. The number of carbonyl (C=O) groups excluding carboxylic acids is 3. The van der Waals surface area contributed by atoms with Gasteiger partial charge in [-0.2, -0.15) is 0 Å². The summed E-state index contributed by atoms with van der Waals surface area (Å²) in [7, 11) is 0. The van der Waals surface area contributed by atoms with Gasteiger partial charge in [0.2, 0.25) is 11.8 Å². The van der Waals surface area contributed by atoms with E-state index in [2.05, 4.69) is 10.6 Å². The second-order valence-electron chi connectivity index (χ2n) is 10.6. The first-order chi connectivity index (χ1) is 20.9. The van der Waals surface area contributed by atoms with Crippen LogP contribution in [0.15, 0.2) is 66.4 Å². The summed E-state index contributed by atoms with van der Waals surface area (Å²) in [5, 5.41) is 23.1. The number of hydrogen-bond acceptors (Lipinski definition) is 9. The lowest BCUT2D eigenvalue weighted by molar-refractivity contribution is -0.172. The predicted molar refractivity (Wildman–Crippen MR) is 154 cm³/mol. The summed E-state index contributed by atoms with van der Waals surface area (Å²) >= 11 is 0. The minimum absolute atomic E-state index is 0.0524. The Bertz CT molecular complexity index is 1360. The molecule has 0 unspecified atom stereocenters. The first-order valence-electron chi connectivity index (χ1n) is 14.4. The SMILES string of the molecule is O=C(CCNC(=O)C1=C[C@H]2OC3(Cc4ccccc4C3)O[C@H]2[C@H](OC(=O)c2ccccc2C=COCCO)C1)NCCO. The second kappa shape index (κ2) is 14.0. The molecule has 0 bridgehead atoms. The summed E-state index contributed by atoms with van der Waals surface area (Å²) in [5.41, 5.74) is 3.49. The molecule has 1 aliphatic heterocycles. The molecule has 4 N–H and O–H groups in total. The Balaban J connectivity index is 1.33. The first kappa shape index (κ1) is 30.4. The van der Waals surface area contributed by atoms with Gasteiger partial charge in [0.25, 0.3) is 0 Å². The lowest BCUT2D eigenvalue weighted by Gasteiger charge is -2.30. The lowest BCUT2D eigenvalue weighted by Crippen LogP contribution is -2.44. The molecule has 3 atom stereocenters. The van der Waals surface area contributed by atoms with Crippen LogP contribution in [0.25, 0.3) is 6.08 Å². The van der Waals surface area contributed by atoms with Crippen LogP contribution in [0.4, 0.5) is 0 Å². The van der Waals surface area contributed by atoms with Crippen LogP contribution in [0, 0.1) is 0 Å². The van der Waals surface area contributed by atoms with Crippen molar-refractivity contribution in [3.05, 3.63) is 88.7 Å². The third kappa shape index (κ3) is 7.31. The van der Waals surface area contributed by atoms with E-state index in [0.29, 0.717) is 29.5 Å². The third-order valence-corrected chi connectivity index (χ3v) is 7.57. The van der Waals surface area contributed by atoms with Crippen molar-refractivity contribution in [3.63, 3.8) is 0 Å². The molecule has 11 nitrogen and oxygen atoms in total. The second-order valence-corrected chi connectivity index (χ2v) is 10.6. The molecule has 0 saturated carbocycles. The number of benzene rings is 2. The number of rotatable bonds is 12. The van der Waals surface area contributed by atoms with E-state index in [1.165, 1.54) is 6.26 Å². The molecule has 43 heavy (non-hydrogen) atoms. The number of carbonyl (C=O) groups is 3. The molecule has 0 aromatic heterocycles. The van der Waals surface area contributed by atoms with Crippen molar-refractivity contribution in [1.82, 2.24) is 10.6 Å². The van der Waals surface area contributed by atoms with Gasteiger partial charge in [-0.25, -0.2) is 4.79 Å². The molecule has 2 amide bonds. The fourth-order valence-corrected chi connectivity index (χ4v) is 5.62. The molecule has 1 fully saturated rings. The maximum absolute atomic E-state index is 13.5. The molecule has 2 aromatic carbocycles. The molecular weight excluding hydrogens is 556 g/mol. The van der Waals surface area contributed by atoms with Gasteiger partial charge in [-0.05, 0) is 34.9 Å². The van der Waals surface area contributed by atoms with Crippen molar-refractivity contribution in [1.29, 1.82) is 0 Å². The molecule has 2 aliphatic carbocycles. The zero-order chi connectivity index (χ0) is 30.2. The number of nitrogens with one attached hydrogen (secondary N) is 2. The van der Waals surface area contributed by atoms with E-state index >= 15 is 0 Å². The summed E-state index contributed by atoms with van der Waals surface area (Å²) < 4.78 is 24.3. The maximum atomic E-state index is 13.5. The molecule has 2 aromatic rings. The average molecular weight is 593 g/mol. The number of amides is 2. The predicted octanol–water partition coefficient (Wildman–Crippen LogP) is 1.42. The Morgan fingerprint density at radius 1 is 0.953 bits per heavy atom. The van der Waals surface area contributed by atoms with Crippen molar-refractivity contribution in [2.24, 2.45) is 0 Å². The van der Waals surface area contributed by atoms with E-state index in [1.54, 1.807) is 36.4 Å². The molecular formula is C32H36N2O9. The van der Waals surface area contributed by atoms with Gasteiger partial charge in [0.1, 0.15) is 24.9 Å². The van der Waals surface area contributed by atoms with Crippen molar-refractivity contribution in [3.8, 4) is 0 Å². The summed E-state index contributed by atoms with van der Waals surface area (Å²) in [6.07, 6.45) is 3.90. The molecule has 228 valence electrons. The Hall–Kier alpha value is -4.03. The van der Waals surface area contributed by atoms with Gasteiger partial charge in [-0.1, -0.05) is 42.5 Å². The maximum Gasteiger partial charge on any atom is 0.339 e. The smallest absolute Gasteiger partial charge is 0.339 e. The molecule has 11 heteroatoms. The van der Waals surface area contributed by atoms with Gasteiger partial charge in [0.05, 0.1) is 25.0 Å². The monoisotopic (exact) mass is 592 g/mol. The van der Waals surface area contributed by atoms with E-state index in [4.69, 9.17) is 29.2 Å². The van der Waals surface area contributed by atoms with Gasteiger partial charge >= 0.3 is 5.97 Å². The van der Waals surface area contributed by atoms with E-state index in [9.17, 15) is 14.4 Å². The standard InChI is InChI=1S/C32H36N2O9/c35-13-12-33-28(37)9-11-34-30(38)24-17-26(41-31(39)25-8-4-3-5-21(25)10-15-40-16-14-36)29-27(18-24)42-32(43-29)19-22-6-1-2-7-23(22)20-32/h1-8,10,15,18,26-27,29,35-36H,9,11-14,16-17,19-20H2,(H,33,37)(H,34,38)/t26-,27-,29+/m1/s1. The number of aliphatic hydroxyl groups is 2. The zero-order valence-electron chi connectivity index (χ0n) is 23.7. The van der Waals surface area contributed by atoms with E-state index in [0.717, 1.165) is 11.1 Å². The third-order valence-electron chi connectivity index (χ3n) is 7.57. The summed E-state index contributed by atoms with van der Waals surface area (Å²) in [6, 6.07) is 14.9. The Morgan fingerprint density at radius 3 is 2.44 bits per heavy atom. The van der Waals surface area contributed by atoms with Crippen LogP contribution in [0.1, 0.15) is 39.9 Å². The summed E-state index contributed by atoms with van der Waals surface area (Å²) in [5.74, 6) is -2.20. The van der Waals surface area contributed by atoms with Crippen molar-refractivity contribution >= 4 is 23.9 Å². The van der Waals surface area contributed by atoms with E-state index in [1.807, 2.05) is 24.3 Å². The van der Waals surface area contributed by atoms with Gasteiger partial charge < -0.3 is 39.8 Å². The minimum Gasteiger partial charge on any atom is -0.499 e. The van der Waals surface area contributed by atoms with E-state index in [-0.39, 0.29) is 51.7 Å². The van der Waals surface area contributed by atoms with Crippen molar-refractivity contribution in [2.45, 2.75) is 49.8 Å².